The van der Waals surface area contributed by atoms with Crippen LogP contribution in [-0.2, 0) is 14.3 Å². The summed E-state index contributed by atoms with van der Waals surface area (Å²) in [6.45, 7) is 3.68. The van der Waals surface area contributed by atoms with Gasteiger partial charge in [0.2, 0.25) is 5.91 Å². The SMILES string of the molecule is CCOC(=O)NCCN(C(C)=O)c1cc(C(=O)OC)ccc1Cl. The zero-order valence-electron chi connectivity index (χ0n) is 13.2. The molecule has 126 valence electrons. The molecule has 1 rings (SSSR count). The number of nitrogens with zero attached hydrogens (tertiary/aromatic N) is 1. The Morgan fingerprint density at radius 3 is 2.57 bits per heavy atom. The van der Waals surface area contributed by atoms with Gasteiger partial charge in [0, 0.05) is 20.0 Å². The van der Waals surface area contributed by atoms with Gasteiger partial charge in [-0.05, 0) is 25.1 Å². The molecule has 0 aliphatic rings. The van der Waals surface area contributed by atoms with Crippen LogP contribution in [0.1, 0.15) is 24.2 Å². The third-order valence-electron chi connectivity index (χ3n) is 2.92. The first-order valence-electron chi connectivity index (χ1n) is 6.97. The van der Waals surface area contributed by atoms with Gasteiger partial charge in [-0.1, -0.05) is 11.6 Å². The molecule has 0 saturated carbocycles. The topological polar surface area (TPSA) is 84.9 Å². The maximum absolute atomic E-state index is 11.9. The number of benzene rings is 1. The van der Waals surface area contributed by atoms with Gasteiger partial charge in [0.05, 0.1) is 30.0 Å². The molecule has 0 fully saturated rings. The van der Waals surface area contributed by atoms with E-state index < -0.39 is 12.1 Å². The van der Waals surface area contributed by atoms with Gasteiger partial charge in [-0.3, -0.25) is 4.79 Å². The van der Waals surface area contributed by atoms with Crippen LogP contribution in [0.25, 0.3) is 0 Å². The first-order valence-corrected chi connectivity index (χ1v) is 7.35. The summed E-state index contributed by atoms with van der Waals surface area (Å²) in [7, 11) is 1.27. The summed E-state index contributed by atoms with van der Waals surface area (Å²) >= 11 is 6.12. The van der Waals surface area contributed by atoms with E-state index >= 15 is 0 Å². The fourth-order valence-corrected chi connectivity index (χ4v) is 2.08. The molecule has 0 aliphatic carbocycles. The van der Waals surface area contributed by atoms with E-state index in [2.05, 4.69) is 10.1 Å². The maximum atomic E-state index is 11.9. The lowest BCUT2D eigenvalue weighted by Crippen LogP contribution is -2.38. The number of hydrogen-bond acceptors (Lipinski definition) is 5. The molecule has 0 aliphatic heterocycles. The molecule has 23 heavy (non-hydrogen) atoms. The van der Waals surface area contributed by atoms with E-state index in [0.717, 1.165) is 0 Å². The Hall–Kier alpha value is -2.28. The minimum atomic E-state index is -0.564. The fourth-order valence-electron chi connectivity index (χ4n) is 1.86. The molecule has 1 aromatic carbocycles. The second-order valence-corrected chi connectivity index (χ2v) is 4.88. The number of alkyl carbamates (subject to hydrolysis) is 1. The Morgan fingerprint density at radius 1 is 1.30 bits per heavy atom. The van der Waals surface area contributed by atoms with E-state index in [-0.39, 0.29) is 31.2 Å². The van der Waals surface area contributed by atoms with Crippen molar-refractivity contribution in [2.24, 2.45) is 0 Å². The van der Waals surface area contributed by atoms with Crippen LogP contribution in [0.5, 0.6) is 0 Å². The van der Waals surface area contributed by atoms with Crippen molar-refractivity contribution in [3.8, 4) is 0 Å². The van der Waals surface area contributed by atoms with E-state index in [1.807, 2.05) is 0 Å². The molecule has 0 saturated heterocycles. The number of esters is 1. The molecule has 0 atom stereocenters. The highest BCUT2D eigenvalue weighted by Gasteiger charge is 2.17. The number of halogens is 1. The Morgan fingerprint density at radius 2 is 2.00 bits per heavy atom. The van der Waals surface area contributed by atoms with E-state index in [1.54, 1.807) is 6.92 Å². The number of rotatable bonds is 6. The van der Waals surface area contributed by atoms with Gasteiger partial charge < -0.3 is 19.7 Å². The average Bonchev–Trinajstić information content (AvgIpc) is 2.51. The average molecular weight is 343 g/mol. The molecule has 2 amide bonds. The van der Waals surface area contributed by atoms with Crippen molar-refractivity contribution in [2.75, 3.05) is 31.7 Å². The van der Waals surface area contributed by atoms with Gasteiger partial charge in [0.1, 0.15) is 0 Å². The first-order chi connectivity index (χ1) is 10.9. The lowest BCUT2D eigenvalue weighted by molar-refractivity contribution is -0.116. The van der Waals surface area contributed by atoms with Crippen LogP contribution in [0, 0.1) is 0 Å². The number of amides is 2. The van der Waals surface area contributed by atoms with Gasteiger partial charge in [0.25, 0.3) is 0 Å². The zero-order valence-corrected chi connectivity index (χ0v) is 14.0. The number of carbonyl (C=O) groups excluding carboxylic acids is 3. The standard InChI is InChI=1S/C15H19ClN2O5/c1-4-23-15(21)17-7-8-18(10(2)19)13-9-11(14(20)22-3)5-6-12(13)16/h5-6,9H,4,7-8H2,1-3H3,(H,17,21). The van der Waals surface area contributed by atoms with Crippen LogP contribution >= 0.6 is 11.6 Å². The number of anilines is 1. The largest absolute Gasteiger partial charge is 0.465 e. The van der Waals surface area contributed by atoms with Crippen molar-refractivity contribution < 1.29 is 23.9 Å². The molecule has 0 spiro atoms. The zero-order chi connectivity index (χ0) is 17.4. The molecule has 0 heterocycles. The number of carbonyl (C=O) groups is 3. The van der Waals surface area contributed by atoms with E-state index in [4.69, 9.17) is 16.3 Å². The van der Waals surface area contributed by atoms with E-state index in [9.17, 15) is 14.4 Å². The molecule has 7 nitrogen and oxygen atoms in total. The smallest absolute Gasteiger partial charge is 0.407 e. The van der Waals surface area contributed by atoms with E-state index in [0.29, 0.717) is 10.7 Å². The molecule has 0 bridgehead atoms. The van der Waals surface area contributed by atoms with Gasteiger partial charge in [-0.2, -0.15) is 0 Å². The second-order valence-electron chi connectivity index (χ2n) is 4.48. The first kappa shape index (κ1) is 18.8. The highest BCUT2D eigenvalue weighted by Crippen LogP contribution is 2.27. The summed E-state index contributed by atoms with van der Waals surface area (Å²) in [6.07, 6.45) is -0.564. The number of hydrogen-bond donors (Lipinski definition) is 1. The summed E-state index contributed by atoms with van der Waals surface area (Å²) in [5.74, 6) is -0.810. The van der Waals surface area contributed by atoms with Gasteiger partial charge in [-0.25, -0.2) is 9.59 Å². The normalized spacial score (nSPS) is 9.91. The van der Waals surface area contributed by atoms with Crippen molar-refractivity contribution in [3.63, 3.8) is 0 Å². The fraction of sp³-hybridized carbons (Fsp3) is 0.400. The summed E-state index contributed by atoms with van der Waals surface area (Å²) in [5.41, 5.74) is 0.643. The van der Waals surface area contributed by atoms with Crippen LogP contribution < -0.4 is 10.2 Å². The molecule has 1 aromatic rings. The Labute approximate surface area is 139 Å². The number of ether oxygens (including phenoxy) is 2. The molecule has 0 aromatic heterocycles. The Bertz CT molecular complexity index is 591. The Balaban J connectivity index is 2.90. The lowest BCUT2D eigenvalue weighted by Gasteiger charge is -2.23. The third-order valence-corrected chi connectivity index (χ3v) is 3.24. The highest BCUT2D eigenvalue weighted by atomic mass is 35.5. The van der Waals surface area contributed by atoms with Crippen LogP contribution in [0.2, 0.25) is 5.02 Å². The molecule has 0 unspecified atom stereocenters. The van der Waals surface area contributed by atoms with Gasteiger partial charge in [-0.15, -0.1) is 0 Å². The van der Waals surface area contributed by atoms with Crippen molar-refractivity contribution >= 4 is 35.3 Å². The molecular weight excluding hydrogens is 324 g/mol. The van der Waals surface area contributed by atoms with Crippen molar-refractivity contribution in [3.05, 3.63) is 28.8 Å². The van der Waals surface area contributed by atoms with Gasteiger partial charge >= 0.3 is 12.1 Å². The highest BCUT2D eigenvalue weighted by molar-refractivity contribution is 6.34. The van der Waals surface area contributed by atoms with Crippen LogP contribution in [0.4, 0.5) is 10.5 Å². The second kappa shape index (κ2) is 8.99. The molecule has 8 heteroatoms. The summed E-state index contributed by atoms with van der Waals surface area (Å²) in [4.78, 5) is 36.1. The summed E-state index contributed by atoms with van der Waals surface area (Å²) in [6, 6.07) is 4.49. The number of nitrogens with one attached hydrogen (secondary N) is 1. The summed E-state index contributed by atoms with van der Waals surface area (Å²) < 4.78 is 9.39. The predicted molar refractivity (Wildman–Crippen MR) is 85.8 cm³/mol. The van der Waals surface area contributed by atoms with Crippen molar-refractivity contribution in [1.29, 1.82) is 0 Å². The number of methoxy groups -OCH3 is 1. The minimum Gasteiger partial charge on any atom is -0.465 e. The molecule has 0 radical (unpaired) electrons. The molecular formula is C15H19ClN2O5. The van der Waals surface area contributed by atoms with Crippen LogP contribution in [-0.4, -0.2) is 44.8 Å². The monoisotopic (exact) mass is 342 g/mol. The van der Waals surface area contributed by atoms with Crippen LogP contribution in [0.15, 0.2) is 18.2 Å². The van der Waals surface area contributed by atoms with Crippen molar-refractivity contribution in [2.45, 2.75) is 13.8 Å². The molecule has 1 N–H and O–H groups in total. The summed E-state index contributed by atoms with van der Waals surface area (Å²) in [5, 5.41) is 2.83. The van der Waals surface area contributed by atoms with E-state index in [1.165, 1.54) is 37.1 Å². The predicted octanol–water partition coefficient (Wildman–Crippen LogP) is 2.23. The quantitative estimate of drug-likeness (QED) is 0.801. The van der Waals surface area contributed by atoms with Crippen LogP contribution in [0.3, 0.4) is 0 Å². The maximum Gasteiger partial charge on any atom is 0.407 e. The minimum absolute atomic E-state index is 0.178. The lowest BCUT2D eigenvalue weighted by atomic mass is 10.2. The van der Waals surface area contributed by atoms with Gasteiger partial charge in [0.15, 0.2) is 0 Å². The Kier molecular flexibility index (Phi) is 7.34. The third kappa shape index (κ3) is 5.45. The van der Waals surface area contributed by atoms with Crippen molar-refractivity contribution in [1.82, 2.24) is 5.32 Å².